The van der Waals surface area contributed by atoms with Crippen molar-refractivity contribution in [2.75, 3.05) is 7.11 Å². The summed E-state index contributed by atoms with van der Waals surface area (Å²) in [6.45, 7) is 2.24. The van der Waals surface area contributed by atoms with E-state index in [9.17, 15) is 10.1 Å². The van der Waals surface area contributed by atoms with Gasteiger partial charge < -0.3 is 4.74 Å². The van der Waals surface area contributed by atoms with Gasteiger partial charge >= 0.3 is 0 Å². The summed E-state index contributed by atoms with van der Waals surface area (Å²) in [5.41, 5.74) is 1.08. The molecule has 116 valence electrons. The molecule has 0 saturated heterocycles. The van der Waals surface area contributed by atoms with E-state index in [4.69, 9.17) is 4.74 Å². The Morgan fingerprint density at radius 1 is 1.43 bits per heavy atom. The zero-order valence-electron chi connectivity index (χ0n) is 12.5. The van der Waals surface area contributed by atoms with Crippen LogP contribution < -0.4 is 4.74 Å². The lowest BCUT2D eigenvalue weighted by atomic mass is 9.77. The van der Waals surface area contributed by atoms with Crippen molar-refractivity contribution in [1.29, 1.82) is 0 Å². The molecule has 0 amide bonds. The number of nitro groups is 1. The third kappa shape index (κ3) is 3.96. The molecule has 0 radical (unpaired) electrons. The number of non-ortho nitro benzene ring substituents is 1. The van der Waals surface area contributed by atoms with Crippen LogP contribution in [0.1, 0.15) is 38.2 Å². The average Bonchev–Trinajstić information content (AvgIpc) is 2.49. The summed E-state index contributed by atoms with van der Waals surface area (Å²) < 4.78 is 5.37. The highest BCUT2D eigenvalue weighted by molar-refractivity contribution is 9.09. The van der Waals surface area contributed by atoms with Gasteiger partial charge in [0.15, 0.2) is 0 Å². The van der Waals surface area contributed by atoms with E-state index in [0.717, 1.165) is 23.7 Å². The van der Waals surface area contributed by atoms with Crippen molar-refractivity contribution in [3.63, 3.8) is 0 Å². The first-order valence-electron chi connectivity index (χ1n) is 7.50. The Morgan fingerprint density at radius 2 is 2.19 bits per heavy atom. The molecule has 0 heterocycles. The highest BCUT2D eigenvalue weighted by atomic mass is 79.9. The smallest absolute Gasteiger partial charge is 0.269 e. The van der Waals surface area contributed by atoms with E-state index in [1.54, 1.807) is 19.2 Å². The fourth-order valence-corrected chi connectivity index (χ4v) is 3.89. The van der Waals surface area contributed by atoms with E-state index < -0.39 is 0 Å². The molecule has 4 nitrogen and oxygen atoms in total. The molecule has 1 saturated carbocycles. The zero-order valence-corrected chi connectivity index (χ0v) is 14.1. The average molecular weight is 356 g/mol. The van der Waals surface area contributed by atoms with Gasteiger partial charge in [0.1, 0.15) is 5.75 Å². The van der Waals surface area contributed by atoms with Crippen molar-refractivity contribution < 1.29 is 9.66 Å². The van der Waals surface area contributed by atoms with Crippen LogP contribution in [-0.4, -0.2) is 16.9 Å². The molecule has 1 aromatic carbocycles. The van der Waals surface area contributed by atoms with Gasteiger partial charge in [0.05, 0.1) is 12.0 Å². The molecule has 3 unspecified atom stereocenters. The topological polar surface area (TPSA) is 52.4 Å². The summed E-state index contributed by atoms with van der Waals surface area (Å²) in [6.07, 6.45) is 5.67. The van der Waals surface area contributed by atoms with Gasteiger partial charge in [0.25, 0.3) is 5.69 Å². The number of nitro benzene ring substituents is 1. The molecule has 0 N–H and O–H groups in total. The zero-order chi connectivity index (χ0) is 15.4. The molecule has 3 atom stereocenters. The number of hydrogen-bond donors (Lipinski definition) is 0. The molecule has 1 aliphatic carbocycles. The van der Waals surface area contributed by atoms with Crippen LogP contribution in [0.5, 0.6) is 5.75 Å². The van der Waals surface area contributed by atoms with Crippen LogP contribution >= 0.6 is 15.9 Å². The molecule has 0 aromatic heterocycles. The molecule has 0 bridgehead atoms. The third-order valence-corrected chi connectivity index (χ3v) is 5.74. The van der Waals surface area contributed by atoms with Crippen molar-refractivity contribution in [3.8, 4) is 5.75 Å². The second-order valence-corrected chi connectivity index (χ2v) is 7.00. The lowest BCUT2D eigenvalue weighted by molar-refractivity contribution is -0.384. The van der Waals surface area contributed by atoms with Gasteiger partial charge in [-0.2, -0.15) is 0 Å². The number of benzene rings is 1. The summed E-state index contributed by atoms with van der Waals surface area (Å²) >= 11 is 3.79. The van der Waals surface area contributed by atoms with Gasteiger partial charge in [0.2, 0.25) is 0 Å². The first-order valence-corrected chi connectivity index (χ1v) is 8.42. The molecule has 1 aromatic rings. The van der Waals surface area contributed by atoms with Crippen LogP contribution in [-0.2, 0) is 6.42 Å². The monoisotopic (exact) mass is 355 g/mol. The van der Waals surface area contributed by atoms with E-state index in [1.165, 1.54) is 31.7 Å². The van der Waals surface area contributed by atoms with Crippen molar-refractivity contribution in [2.45, 2.75) is 43.9 Å². The maximum atomic E-state index is 11.0. The Bertz CT molecular complexity index is 506. The summed E-state index contributed by atoms with van der Waals surface area (Å²) in [7, 11) is 1.62. The maximum absolute atomic E-state index is 11.0. The van der Waals surface area contributed by atoms with Gasteiger partial charge in [-0.05, 0) is 43.6 Å². The summed E-state index contributed by atoms with van der Waals surface area (Å²) in [5.74, 6) is 2.03. The van der Waals surface area contributed by atoms with Crippen LogP contribution in [0, 0.1) is 22.0 Å². The molecule has 5 heteroatoms. The molecule has 0 aliphatic heterocycles. The molecule has 2 rings (SSSR count). The number of nitrogens with zero attached hydrogens (tertiary/aromatic N) is 1. The van der Waals surface area contributed by atoms with Crippen LogP contribution in [0.25, 0.3) is 0 Å². The van der Waals surface area contributed by atoms with Crippen LogP contribution in [0.3, 0.4) is 0 Å². The second kappa shape index (κ2) is 7.25. The Hall–Kier alpha value is -1.10. The van der Waals surface area contributed by atoms with Gasteiger partial charge in [-0.25, -0.2) is 0 Å². The minimum atomic E-state index is -0.343. The Balaban J connectivity index is 2.20. The largest absolute Gasteiger partial charge is 0.496 e. The minimum Gasteiger partial charge on any atom is -0.496 e. The Morgan fingerprint density at radius 3 is 2.81 bits per heavy atom. The van der Waals surface area contributed by atoms with Crippen molar-refractivity contribution in [3.05, 3.63) is 33.9 Å². The molecular formula is C16H22BrNO3. The number of halogens is 1. The highest BCUT2D eigenvalue weighted by Gasteiger charge is 2.29. The van der Waals surface area contributed by atoms with E-state index in [1.807, 2.05) is 0 Å². The van der Waals surface area contributed by atoms with E-state index >= 15 is 0 Å². The quantitative estimate of drug-likeness (QED) is 0.435. The third-order valence-electron chi connectivity index (χ3n) is 4.53. The van der Waals surface area contributed by atoms with Gasteiger partial charge in [0, 0.05) is 22.5 Å². The van der Waals surface area contributed by atoms with E-state index in [-0.39, 0.29) is 10.6 Å². The van der Waals surface area contributed by atoms with Crippen LogP contribution in [0.2, 0.25) is 0 Å². The minimum absolute atomic E-state index is 0.139. The van der Waals surface area contributed by atoms with Gasteiger partial charge in [-0.1, -0.05) is 29.3 Å². The lowest BCUT2D eigenvalue weighted by Gasteiger charge is -2.33. The van der Waals surface area contributed by atoms with Crippen LogP contribution in [0.15, 0.2) is 18.2 Å². The predicted octanol–water partition coefficient (Wildman–Crippen LogP) is 4.74. The Labute approximate surface area is 134 Å². The van der Waals surface area contributed by atoms with E-state index in [0.29, 0.717) is 10.7 Å². The predicted molar refractivity (Wildman–Crippen MR) is 87.2 cm³/mol. The lowest BCUT2D eigenvalue weighted by Crippen LogP contribution is -2.26. The maximum Gasteiger partial charge on any atom is 0.269 e. The SMILES string of the molecule is CCC1CCC(Br)C(Cc2cc([N+](=O)[O-])ccc2OC)C1. The molecule has 1 fully saturated rings. The fraction of sp³-hybridized carbons (Fsp3) is 0.625. The number of methoxy groups -OCH3 is 1. The Kier molecular flexibility index (Phi) is 5.62. The highest BCUT2D eigenvalue weighted by Crippen LogP contribution is 2.39. The fourth-order valence-electron chi connectivity index (χ4n) is 3.23. The number of ether oxygens (including phenoxy) is 1. The molecule has 0 spiro atoms. The summed E-state index contributed by atoms with van der Waals surface area (Å²) in [5, 5.41) is 11.0. The first kappa shape index (κ1) is 16.3. The van der Waals surface area contributed by atoms with E-state index in [2.05, 4.69) is 22.9 Å². The second-order valence-electron chi connectivity index (χ2n) is 5.82. The normalized spacial score (nSPS) is 25.6. The van der Waals surface area contributed by atoms with Gasteiger partial charge in [-0.3, -0.25) is 10.1 Å². The molecule has 1 aliphatic rings. The molecular weight excluding hydrogens is 334 g/mol. The van der Waals surface area contributed by atoms with Crippen LogP contribution in [0.4, 0.5) is 5.69 Å². The number of rotatable bonds is 5. The standard InChI is InChI=1S/C16H22BrNO3/c1-3-11-4-6-15(17)12(8-11)9-13-10-14(18(19)20)5-7-16(13)21-2/h5,7,10-12,15H,3-4,6,8-9H2,1-2H3. The van der Waals surface area contributed by atoms with Crippen molar-refractivity contribution in [1.82, 2.24) is 0 Å². The van der Waals surface area contributed by atoms with Crippen molar-refractivity contribution in [2.24, 2.45) is 11.8 Å². The summed E-state index contributed by atoms with van der Waals surface area (Å²) in [4.78, 5) is 11.1. The molecule has 21 heavy (non-hydrogen) atoms. The first-order chi connectivity index (χ1) is 10.0. The number of alkyl halides is 1. The van der Waals surface area contributed by atoms with Crippen molar-refractivity contribution >= 4 is 21.6 Å². The summed E-state index contributed by atoms with van der Waals surface area (Å²) in [6, 6.07) is 4.87. The number of hydrogen-bond acceptors (Lipinski definition) is 3. The van der Waals surface area contributed by atoms with Gasteiger partial charge in [-0.15, -0.1) is 0 Å².